The third-order valence-corrected chi connectivity index (χ3v) is 4.54. The van der Waals surface area contributed by atoms with E-state index in [1.165, 1.54) is 0 Å². The summed E-state index contributed by atoms with van der Waals surface area (Å²) in [5.41, 5.74) is 6.91. The van der Waals surface area contributed by atoms with Gasteiger partial charge in [0.1, 0.15) is 0 Å². The molecule has 8 heteroatoms. The maximum absolute atomic E-state index is 12.7. The van der Waals surface area contributed by atoms with Gasteiger partial charge in [-0.3, -0.25) is 4.79 Å². The molecular weight excluding hydrogens is 336 g/mol. The summed E-state index contributed by atoms with van der Waals surface area (Å²) >= 11 is 0. The molecule has 142 valence electrons. The van der Waals surface area contributed by atoms with Gasteiger partial charge in [0, 0.05) is 31.8 Å². The lowest BCUT2D eigenvalue weighted by Crippen LogP contribution is -2.48. The Balaban J connectivity index is 1.60. The molecule has 0 radical (unpaired) electrons. The summed E-state index contributed by atoms with van der Waals surface area (Å²) in [5, 5.41) is 5.76. The van der Waals surface area contributed by atoms with Gasteiger partial charge in [-0.25, -0.2) is 4.79 Å². The number of hydrogen-bond acceptors (Lipinski definition) is 5. The van der Waals surface area contributed by atoms with Gasteiger partial charge in [0.15, 0.2) is 11.5 Å². The Morgan fingerprint density at radius 2 is 2.04 bits per heavy atom. The quantitative estimate of drug-likeness (QED) is 0.711. The van der Waals surface area contributed by atoms with Crippen molar-refractivity contribution >= 4 is 23.3 Å². The van der Waals surface area contributed by atoms with E-state index in [4.69, 9.17) is 15.2 Å². The molecule has 4 N–H and O–H groups in total. The number of carbonyl (C=O) groups excluding carboxylic acids is 2. The largest absolute Gasteiger partial charge is 0.454 e. The average Bonchev–Trinajstić information content (AvgIpc) is 3.07. The molecule has 0 aliphatic carbocycles. The zero-order valence-corrected chi connectivity index (χ0v) is 15.2. The number of fused-ring (bicyclic) bond motifs is 1. The number of carbonyl (C=O) groups is 2. The monoisotopic (exact) mass is 362 g/mol. The van der Waals surface area contributed by atoms with Crippen molar-refractivity contribution in [2.45, 2.75) is 26.7 Å². The summed E-state index contributed by atoms with van der Waals surface area (Å²) in [6.07, 6.45) is 1.54. The van der Waals surface area contributed by atoms with Crippen LogP contribution in [-0.2, 0) is 4.79 Å². The van der Waals surface area contributed by atoms with Crippen LogP contribution < -0.4 is 25.8 Å². The lowest BCUT2D eigenvalue weighted by molar-refractivity contribution is -0.121. The molecule has 1 aromatic rings. The van der Waals surface area contributed by atoms with Gasteiger partial charge in [0.2, 0.25) is 12.7 Å². The molecule has 1 unspecified atom stereocenters. The molecule has 1 fully saturated rings. The topological polar surface area (TPSA) is 106 Å². The van der Waals surface area contributed by atoms with E-state index in [-0.39, 0.29) is 24.6 Å². The summed E-state index contributed by atoms with van der Waals surface area (Å²) in [5.74, 6) is 1.12. The zero-order chi connectivity index (χ0) is 18.7. The fourth-order valence-corrected chi connectivity index (χ4v) is 3.08. The summed E-state index contributed by atoms with van der Waals surface area (Å²) in [6, 6.07) is 3.20. The van der Waals surface area contributed by atoms with Crippen LogP contribution in [0.25, 0.3) is 0 Å². The van der Waals surface area contributed by atoms with Gasteiger partial charge in [-0.05, 0) is 18.8 Å². The van der Waals surface area contributed by atoms with E-state index in [0.29, 0.717) is 48.4 Å². The van der Waals surface area contributed by atoms with E-state index >= 15 is 0 Å². The summed E-state index contributed by atoms with van der Waals surface area (Å²) < 4.78 is 10.6. The van der Waals surface area contributed by atoms with Crippen molar-refractivity contribution in [2.24, 2.45) is 11.8 Å². The van der Waals surface area contributed by atoms with Crippen molar-refractivity contribution in [1.29, 1.82) is 0 Å². The van der Waals surface area contributed by atoms with Crippen molar-refractivity contribution < 1.29 is 19.1 Å². The number of nitrogens with zero attached hydrogens (tertiary/aromatic N) is 1. The Labute approximate surface area is 153 Å². The van der Waals surface area contributed by atoms with Crippen LogP contribution in [0.5, 0.6) is 11.5 Å². The average molecular weight is 362 g/mol. The molecule has 2 aliphatic heterocycles. The van der Waals surface area contributed by atoms with Gasteiger partial charge in [-0.15, -0.1) is 0 Å². The van der Waals surface area contributed by atoms with Crippen LogP contribution in [0, 0.1) is 11.8 Å². The van der Waals surface area contributed by atoms with Crippen LogP contribution >= 0.6 is 0 Å². The van der Waals surface area contributed by atoms with Crippen molar-refractivity contribution in [3.05, 3.63) is 12.1 Å². The first-order chi connectivity index (χ1) is 12.4. The van der Waals surface area contributed by atoms with Crippen LogP contribution in [0.15, 0.2) is 12.1 Å². The Kier molecular flexibility index (Phi) is 5.39. The number of amides is 3. The number of rotatable bonds is 4. The van der Waals surface area contributed by atoms with Crippen molar-refractivity contribution in [3.8, 4) is 11.5 Å². The molecule has 2 aliphatic rings. The molecule has 1 atom stereocenters. The number of benzene rings is 1. The second-order valence-electron chi connectivity index (χ2n) is 7.15. The summed E-state index contributed by atoms with van der Waals surface area (Å²) in [7, 11) is 0. The Morgan fingerprint density at radius 1 is 1.31 bits per heavy atom. The highest BCUT2D eigenvalue weighted by molar-refractivity contribution is 5.96. The number of ether oxygens (including phenoxy) is 2. The van der Waals surface area contributed by atoms with Crippen LogP contribution in [0.2, 0.25) is 0 Å². The van der Waals surface area contributed by atoms with Crippen molar-refractivity contribution in [3.63, 3.8) is 0 Å². The minimum atomic E-state index is -0.265. The summed E-state index contributed by atoms with van der Waals surface area (Å²) in [6.45, 7) is 5.93. The van der Waals surface area contributed by atoms with E-state index in [0.717, 1.165) is 12.8 Å². The summed E-state index contributed by atoms with van der Waals surface area (Å²) in [4.78, 5) is 26.6. The first-order valence-electron chi connectivity index (χ1n) is 8.96. The predicted molar refractivity (Wildman–Crippen MR) is 98.1 cm³/mol. The van der Waals surface area contributed by atoms with Crippen LogP contribution in [0.3, 0.4) is 0 Å². The lowest BCUT2D eigenvalue weighted by atomic mass is 9.97. The standard InChI is InChI=1S/C18H26N4O4/c1-11(2)8-20-18(24)22-5-3-4-12(9-22)17(23)21-14-7-16-15(6-13(14)19)25-10-26-16/h6-7,11-12H,3-5,8-10,19H2,1-2H3,(H,20,24)(H,21,23). The third kappa shape index (κ3) is 4.12. The molecule has 2 heterocycles. The number of urea groups is 1. The van der Waals surface area contributed by atoms with Gasteiger partial charge in [-0.2, -0.15) is 0 Å². The van der Waals surface area contributed by atoms with Gasteiger partial charge < -0.3 is 30.7 Å². The Hall–Kier alpha value is -2.64. The minimum Gasteiger partial charge on any atom is -0.454 e. The molecule has 0 saturated carbocycles. The van der Waals surface area contributed by atoms with Gasteiger partial charge >= 0.3 is 6.03 Å². The zero-order valence-electron chi connectivity index (χ0n) is 15.2. The van der Waals surface area contributed by atoms with Crippen LogP contribution in [0.1, 0.15) is 26.7 Å². The molecule has 0 spiro atoms. The van der Waals surface area contributed by atoms with E-state index in [2.05, 4.69) is 10.6 Å². The van der Waals surface area contributed by atoms with Gasteiger partial charge in [0.25, 0.3) is 0 Å². The molecule has 3 rings (SSSR count). The van der Waals surface area contributed by atoms with E-state index < -0.39 is 0 Å². The van der Waals surface area contributed by atoms with Crippen molar-refractivity contribution in [1.82, 2.24) is 10.2 Å². The smallest absolute Gasteiger partial charge is 0.317 e. The van der Waals surface area contributed by atoms with Gasteiger partial charge in [-0.1, -0.05) is 13.8 Å². The van der Waals surface area contributed by atoms with Crippen LogP contribution in [-0.4, -0.2) is 43.3 Å². The van der Waals surface area contributed by atoms with Crippen molar-refractivity contribution in [2.75, 3.05) is 37.5 Å². The third-order valence-electron chi connectivity index (χ3n) is 4.54. The number of hydrogen-bond donors (Lipinski definition) is 3. The number of nitrogens with two attached hydrogens (primary N) is 1. The van der Waals surface area contributed by atoms with E-state index in [9.17, 15) is 9.59 Å². The fourth-order valence-electron chi connectivity index (χ4n) is 3.08. The molecule has 8 nitrogen and oxygen atoms in total. The predicted octanol–water partition coefficient (Wildman–Crippen LogP) is 2.01. The second kappa shape index (κ2) is 7.72. The molecule has 0 bridgehead atoms. The lowest BCUT2D eigenvalue weighted by Gasteiger charge is -2.32. The highest BCUT2D eigenvalue weighted by Gasteiger charge is 2.29. The first-order valence-corrected chi connectivity index (χ1v) is 8.96. The molecular formula is C18H26N4O4. The maximum Gasteiger partial charge on any atom is 0.317 e. The Bertz CT molecular complexity index is 692. The number of anilines is 2. The highest BCUT2D eigenvalue weighted by atomic mass is 16.7. The SMILES string of the molecule is CC(C)CNC(=O)N1CCCC(C(=O)Nc2cc3c(cc2N)OCO3)C1. The Morgan fingerprint density at radius 3 is 2.77 bits per heavy atom. The van der Waals surface area contributed by atoms with Crippen LogP contribution in [0.4, 0.5) is 16.2 Å². The highest BCUT2D eigenvalue weighted by Crippen LogP contribution is 2.38. The molecule has 3 amide bonds. The molecule has 26 heavy (non-hydrogen) atoms. The molecule has 1 saturated heterocycles. The van der Waals surface area contributed by atoms with E-state index in [1.807, 2.05) is 13.8 Å². The second-order valence-corrected chi connectivity index (χ2v) is 7.15. The molecule has 0 aromatic heterocycles. The minimum absolute atomic E-state index is 0.112. The maximum atomic E-state index is 12.7. The normalized spacial score (nSPS) is 18.7. The number of nitrogens with one attached hydrogen (secondary N) is 2. The first kappa shape index (κ1) is 18.2. The number of piperidine rings is 1. The van der Waals surface area contributed by atoms with Gasteiger partial charge in [0.05, 0.1) is 17.3 Å². The fraction of sp³-hybridized carbons (Fsp3) is 0.556. The number of nitrogen functional groups attached to an aromatic ring is 1. The van der Waals surface area contributed by atoms with E-state index in [1.54, 1.807) is 17.0 Å². The number of likely N-dealkylation sites (tertiary alicyclic amines) is 1. The molecule has 1 aromatic carbocycles.